The molecule has 1 fully saturated rings. The van der Waals surface area contributed by atoms with Crippen LogP contribution in [-0.2, 0) is 29.6 Å². The normalized spacial score (nSPS) is 17.5. The van der Waals surface area contributed by atoms with E-state index in [9.17, 15) is 45.4 Å². The number of fused-ring (bicyclic) bond motifs is 1. The Hall–Kier alpha value is -5.20. The Bertz CT molecular complexity index is 2030. The third-order valence-electron chi connectivity index (χ3n) is 9.07. The molecule has 0 radical (unpaired) electrons. The number of carbonyl (C=O) groups is 2. The molecule has 4 N–H and O–H groups in total. The lowest BCUT2D eigenvalue weighted by atomic mass is 9.89. The number of amides is 2. The van der Waals surface area contributed by atoms with Crippen LogP contribution in [0.25, 0.3) is 11.1 Å². The maximum absolute atomic E-state index is 15.1. The lowest BCUT2D eigenvalue weighted by molar-refractivity contribution is -0.123. The van der Waals surface area contributed by atoms with Gasteiger partial charge in [0.05, 0.1) is 29.0 Å². The molecule has 1 aliphatic carbocycles. The zero-order chi connectivity index (χ0) is 38.4. The van der Waals surface area contributed by atoms with Crippen LogP contribution >= 0.6 is 0 Å². The van der Waals surface area contributed by atoms with Crippen LogP contribution in [0.15, 0.2) is 42.6 Å². The van der Waals surface area contributed by atoms with Crippen LogP contribution in [0.2, 0.25) is 0 Å². The maximum Gasteiger partial charge on any atom is 0.290 e. The molecule has 2 aromatic heterocycles. The number of nitrogens with one attached hydrogen (secondary N) is 1. The number of aliphatic hydroxyl groups is 1. The molecule has 4 aromatic rings. The molecule has 2 aliphatic rings. The average molecular weight is 756 g/mol. The van der Waals surface area contributed by atoms with E-state index in [1.165, 1.54) is 12.3 Å². The van der Waals surface area contributed by atoms with Gasteiger partial charge in [0.15, 0.2) is 0 Å². The standard InChI is InChI=1S/C34H30F9N7O3/c35-18-9-16(10-19(36)13-18)11-24(46-25(52)15-50-29-26(28(48-50)30(38)39)33(40,41)5-6-34(29,42)43)27-22(17-1-2-23(37)21(12-17)31(44)53)14-45-32(47-27)49-7-3-20(51)4-8-49/h1-2,9-10,12-14,20,24,30,51H,3-8,11,15H2,(H2,44,53)(H,46,52). The van der Waals surface area contributed by atoms with Crippen molar-refractivity contribution in [1.29, 1.82) is 0 Å². The lowest BCUT2D eigenvalue weighted by Gasteiger charge is -2.31. The Labute approximate surface area is 294 Å². The molecule has 0 saturated carbocycles. The highest BCUT2D eigenvalue weighted by molar-refractivity contribution is 5.94. The van der Waals surface area contributed by atoms with Gasteiger partial charge in [-0.3, -0.25) is 14.3 Å². The van der Waals surface area contributed by atoms with Crippen LogP contribution in [0.5, 0.6) is 0 Å². The molecular weight excluding hydrogens is 725 g/mol. The first-order chi connectivity index (χ1) is 24.9. The first-order valence-electron chi connectivity index (χ1n) is 16.2. The molecule has 19 heteroatoms. The van der Waals surface area contributed by atoms with Crippen molar-refractivity contribution in [3.63, 3.8) is 0 Å². The summed E-state index contributed by atoms with van der Waals surface area (Å²) in [6.45, 7) is -0.706. The molecule has 1 atom stereocenters. The topological polar surface area (TPSA) is 139 Å². The van der Waals surface area contributed by atoms with E-state index in [-0.39, 0.29) is 46.1 Å². The number of aromatic nitrogens is 4. The summed E-state index contributed by atoms with van der Waals surface area (Å²) in [6.07, 6.45) is -5.68. The van der Waals surface area contributed by atoms with Gasteiger partial charge in [0, 0.05) is 43.8 Å². The summed E-state index contributed by atoms with van der Waals surface area (Å²) in [5.41, 5.74) is -0.0499. The summed E-state index contributed by atoms with van der Waals surface area (Å²) in [5, 5.41) is 15.8. The highest BCUT2D eigenvalue weighted by Crippen LogP contribution is 2.52. The van der Waals surface area contributed by atoms with E-state index in [2.05, 4.69) is 20.4 Å². The highest BCUT2D eigenvalue weighted by atomic mass is 19.3. The van der Waals surface area contributed by atoms with Crippen molar-refractivity contribution in [2.24, 2.45) is 5.73 Å². The van der Waals surface area contributed by atoms with Gasteiger partial charge in [-0.15, -0.1) is 0 Å². The Kier molecular flexibility index (Phi) is 10.1. The van der Waals surface area contributed by atoms with Gasteiger partial charge in [-0.25, -0.2) is 40.7 Å². The highest BCUT2D eigenvalue weighted by Gasteiger charge is 2.55. The quantitative estimate of drug-likeness (QED) is 0.173. The van der Waals surface area contributed by atoms with Crippen LogP contribution in [0, 0.1) is 17.5 Å². The number of primary amides is 1. The maximum atomic E-state index is 15.1. The Morgan fingerprint density at radius 3 is 2.26 bits per heavy atom. The van der Waals surface area contributed by atoms with Crippen LogP contribution in [0.4, 0.5) is 45.5 Å². The van der Waals surface area contributed by atoms with E-state index in [0.29, 0.717) is 18.9 Å². The van der Waals surface area contributed by atoms with Gasteiger partial charge in [-0.1, -0.05) is 6.07 Å². The Balaban J connectivity index is 1.47. The van der Waals surface area contributed by atoms with Gasteiger partial charge in [-0.2, -0.15) is 13.9 Å². The van der Waals surface area contributed by atoms with Crippen molar-refractivity contribution in [3.05, 3.63) is 93.8 Å². The molecule has 53 heavy (non-hydrogen) atoms. The monoisotopic (exact) mass is 755 g/mol. The number of rotatable bonds is 10. The minimum atomic E-state index is -4.10. The molecule has 1 unspecified atom stereocenters. The van der Waals surface area contributed by atoms with Crippen molar-refractivity contribution in [2.45, 2.75) is 69.1 Å². The fraction of sp³-hybridized carbons (Fsp3) is 0.382. The van der Waals surface area contributed by atoms with Crippen molar-refractivity contribution in [3.8, 4) is 11.1 Å². The summed E-state index contributed by atoms with van der Waals surface area (Å²) in [6, 6.07) is 4.21. The minimum absolute atomic E-state index is 0.0399. The second-order valence-corrected chi connectivity index (χ2v) is 12.8. The van der Waals surface area contributed by atoms with Crippen molar-refractivity contribution in [2.75, 3.05) is 18.0 Å². The van der Waals surface area contributed by atoms with Gasteiger partial charge in [0.1, 0.15) is 35.4 Å². The van der Waals surface area contributed by atoms with E-state index >= 15 is 8.78 Å². The molecule has 2 aromatic carbocycles. The van der Waals surface area contributed by atoms with Crippen LogP contribution < -0.4 is 16.0 Å². The van der Waals surface area contributed by atoms with E-state index in [4.69, 9.17) is 5.73 Å². The zero-order valence-corrected chi connectivity index (χ0v) is 27.4. The van der Waals surface area contributed by atoms with Gasteiger partial charge in [-0.05, 0) is 54.7 Å². The number of anilines is 1. The molecule has 0 spiro atoms. The van der Waals surface area contributed by atoms with Gasteiger partial charge in [0.2, 0.25) is 11.9 Å². The fourth-order valence-corrected chi connectivity index (χ4v) is 6.57. The number of alkyl halides is 6. The van der Waals surface area contributed by atoms with Gasteiger partial charge in [0.25, 0.3) is 24.2 Å². The van der Waals surface area contributed by atoms with Crippen LogP contribution in [0.1, 0.15) is 76.7 Å². The third-order valence-corrected chi connectivity index (χ3v) is 9.07. The summed E-state index contributed by atoms with van der Waals surface area (Å²) in [7, 11) is 0. The number of nitrogens with zero attached hydrogens (tertiary/aromatic N) is 5. The average Bonchev–Trinajstić information content (AvgIpc) is 3.48. The first-order valence-corrected chi connectivity index (χ1v) is 16.2. The predicted octanol–water partition coefficient (Wildman–Crippen LogP) is 5.83. The Morgan fingerprint density at radius 1 is 0.962 bits per heavy atom. The smallest absolute Gasteiger partial charge is 0.290 e. The molecule has 3 heterocycles. The molecule has 6 rings (SSSR count). The predicted molar refractivity (Wildman–Crippen MR) is 169 cm³/mol. The second kappa shape index (κ2) is 14.3. The number of benzene rings is 2. The molecule has 1 aliphatic heterocycles. The largest absolute Gasteiger partial charge is 0.393 e. The molecule has 10 nitrogen and oxygen atoms in total. The molecule has 2 amide bonds. The van der Waals surface area contributed by atoms with Gasteiger partial charge >= 0.3 is 0 Å². The molecular formula is C34H30F9N7O3. The van der Waals surface area contributed by atoms with E-state index < -0.39 is 108 Å². The SMILES string of the molecule is NC(=O)c1cc(-c2cnc(N3CCC(O)CC3)nc2C(Cc2cc(F)cc(F)c2)NC(=O)Cn2nc(C(F)F)c3c2C(F)(F)CCC3(F)F)ccc1F. The second-order valence-electron chi connectivity index (χ2n) is 12.8. The Morgan fingerprint density at radius 2 is 1.62 bits per heavy atom. The summed E-state index contributed by atoms with van der Waals surface area (Å²) < 4.78 is 131. The summed E-state index contributed by atoms with van der Waals surface area (Å²) in [4.78, 5) is 36.4. The minimum Gasteiger partial charge on any atom is -0.393 e. The number of hydrogen-bond acceptors (Lipinski definition) is 7. The molecule has 282 valence electrons. The first kappa shape index (κ1) is 37.6. The molecule has 0 bridgehead atoms. The van der Waals surface area contributed by atoms with Crippen LogP contribution in [0.3, 0.4) is 0 Å². The number of nitrogens with two attached hydrogens (primary N) is 1. The summed E-state index contributed by atoms with van der Waals surface area (Å²) >= 11 is 0. The van der Waals surface area contributed by atoms with Crippen molar-refractivity contribution in [1.82, 2.24) is 25.1 Å². The van der Waals surface area contributed by atoms with E-state index in [1.807, 2.05) is 0 Å². The van der Waals surface area contributed by atoms with Crippen molar-refractivity contribution >= 4 is 17.8 Å². The van der Waals surface area contributed by atoms with Gasteiger partial charge < -0.3 is 21.1 Å². The number of piperidine rings is 1. The zero-order valence-electron chi connectivity index (χ0n) is 27.4. The van der Waals surface area contributed by atoms with Crippen molar-refractivity contribution < 1.29 is 54.2 Å². The lowest BCUT2D eigenvalue weighted by Crippen LogP contribution is -2.38. The molecule has 1 saturated heterocycles. The van der Waals surface area contributed by atoms with E-state index in [0.717, 1.165) is 24.3 Å². The number of carbonyl (C=O) groups excluding carboxylic acids is 2. The number of aliphatic hydroxyl groups excluding tert-OH is 1. The fourth-order valence-electron chi connectivity index (χ4n) is 6.57. The number of hydrogen-bond donors (Lipinski definition) is 3. The van der Waals surface area contributed by atoms with E-state index in [1.54, 1.807) is 4.90 Å². The van der Waals surface area contributed by atoms with Crippen LogP contribution in [-0.4, -0.2) is 55.9 Å². The number of halogens is 9. The third kappa shape index (κ3) is 7.79. The summed E-state index contributed by atoms with van der Waals surface area (Å²) in [5.74, 6) is -13.4.